The van der Waals surface area contributed by atoms with Gasteiger partial charge in [0, 0.05) is 0 Å². The molecule has 0 heterocycles. The number of methoxy groups -OCH3 is 1. The molecule has 0 saturated carbocycles. The highest BCUT2D eigenvalue weighted by atomic mass is 16.5. The van der Waals surface area contributed by atoms with Crippen LogP contribution in [0.25, 0.3) is 0 Å². The Hall–Kier alpha value is -2.14. The summed E-state index contributed by atoms with van der Waals surface area (Å²) in [4.78, 5) is 23.5. The van der Waals surface area contributed by atoms with Gasteiger partial charge in [-0.3, -0.25) is 4.79 Å². The third-order valence-corrected chi connectivity index (χ3v) is 2.60. The summed E-state index contributed by atoms with van der Waals surface area (Å²) in [5.74, 6) is -0.870. The second-order valence-corrected chi connectivity index (χ2v) is 4.16. The molecule has 0 saturated heterocycles. The lowest BCUT2D eigenvalue weighted by atomic mass is 10.1. The first-order chi connectivity index (χ1) is 8.99. The normalized spacial score (nSPS) is 11.5. The number of carbonyl (C=O) groups excluding carboxylic acids is 2. The minimum atomic E-state index is -0.690. The number of hydrogen-bond acceptors (Lipinski definition) is 4. The number of nitrogens with one attached hydrogen (secondary N) is 1. The Kier molecular flexibility index (Phi) is 5.26. The number of aryl methyl sites for hydroxylation is 1. The van der Waals surface area contributed by atoms with Crippen molar-refractivity contribution in [2.24, 2.45) is 5.73 Å². The summed E-state index contributed by atoms with van der Waals surface area (Å²) in [6.07, 6.45) is 1.94. The summed E-state index contributed by atoms with van der Waals surface area (Å²) < 4.78 is 4.68. The van der Waals surface area contributed by atoms with E-state index in [-0.39, 0.29) is 5.91 Å². The molecule has 1 amide bonds. The topological polar surface area (TPSA) is 81.4 Å². The largest absolute Gasteiger partial charge is 0.465 e. The molecule has 1 atom stereocenters. The van der Waals surface area contributed by atoms with E-state index in [9.17, 15) is 9.59 Å². The average molecular weight is 262 g/mol. The Morgan fingerprint density at radius 3 is 2.79 bits per heavy atom. The molecule has 0 fully saturated rings. The third-order valence-electron chi connectivity index (χ3n) is 2.60. The molecule has 0 aliphatic rings. The molecule has 1 aromatic rings. The van der Waals surface area contributed by atoms with Crippen molar-refractivity contribution >= 4 is 17.6 Å². The quantitative estimate of drug-likeness (QED) is 0.624. The van der Waals surface area contributed by atoms with Gasteiger partial charge in [0.15, 0.2) is 0 Å². The second kappa shape index (κ2) is 6.70. The Morgan fingerprint density at radius 1 is 1.53 bits per heavy atom. The number of anilines is 1. The SMILES string of the molecule is C=CCC(N)C(=O)Nc1ccc(C)cc1C(=O)OC. The molecule has 0 radical (unpaired) electrons. The first kappa shape index (κ1) is 14.9. The maximum Gasteiger partial charge on any atom is 0.339 e. The van der Waals surface area contributed by atoms with Crippen LogP contribution < -0.4 is 11.1 Å². The van der Waals surface area contributed by atoms with Crippen molar-refractivity contribution in [2.75, 3.05) is 12.4 Å². The molecule has 0 aromatic heterocycles. The molecule has 5 nitrogen and oxygen atoms in total. The minimum absolute atomic E-state index is 0.307. The van der Waals surface area contributed by atoms with Crippen LogP contribution in [0.5, 0.6) is 0 Å². The van der Waals surface area contributed by atoms with Gasteiger partial charge in [-0.05, 0) is 25.5 Å². The summed E-state index contributed by atoms with van der Waals surface area (Å²) >= 11 is 0. The smallest absolute Gasteiger partial charge is 0.339 e. The van der Waals surface area contributed by atoms with Crippen molar-refractivity contribution < 1.29 is 14.3 Å². The molecule has 0 aliphatic heterocycles. The van der Waals surface area contributed by atoms with Crippen molar-refractivity contribution in [3.05, 3.63) is 42.0 Å². The molecule has 5 heteroatoms. The molecule has 1 unspecified atom stereocenters. The van der Waals surface area contributed by atoms with Crippen LogP contribution in [-0.4, -0.2) is 25.0 Å². The first-order valence-corrected chi connectivity index (χ1v) is 5.86. The van der Waals surface area contributed by atoms with E-state index in [1.807, 2.05) is 6.92 Å². The molecule has 1 rings (SSSR count). The zero-order chi connectivity index (χ0) is 14.4. The van der Waals surface area contributed by atoms with Crippen LogP contribution in [0.4, 0.5) is 5.69 Å². The van der Waals surface area contributed by atoms with Crippen LogP contribution in [-0.2, 0) is 9.53 Å². The summed E-state index contributed by atoms with van der Waals surface area (Å²) in [6, 6.07) is 4.41. The zero-order valence-electron chi connectivity index (χ0n) is 11.1. The fraction of sp³-hybridized carbons (Fsp3) is 0.286. The molecule has 0 spiro atoms. The van der Waals surface area contributed by atoms with E-state index in [0.29, 0.717) is 17.7 Å². The number of amides is 1. The van der Waals surface area contributed by atoms with Crippen LogP contribution in [0.15, 0.2) is 30.9 Å². The summed E-state index contributed by atoms with van der Waals surface area (Å²) in [7, 11) is 1.29. The maximum absolute atomic E-state index is 11.8. The van der Waals surface area contributed by atoms with Gasteiger partial charge >= 0.3 is 5.97 Å². The zero-order valence-corrected chi connectivity index (χ0v) is 11.1. The molecule has 102 valence electrons. The number of ether oxygens (including phenoxy) is 1. The molecule has 19 heavy (non-hydrogen) atoms. The number of nitrogens with two attached hydrogens (primary N) is 1. The first-order valence-electron chi connectivity index (χ1n) is 5.86. The number of carbonyl (C=O) groups is 2. The fourth-order valence-electron chi connectivity index (χ4n) is 1.56. The highest BCUT2D eigenvalue weighted by Crippen LogP contribution is 2.18. The molecular weight excluding hydrogens is 244 g/mol. The van der Waals surface area contributed by atoms with Gasteiger partial charge in [0.2, 0.25) is 5.91 Å². The van der Waals surface area contributed by atoms with Gasteiger partial charge in [0.05, 0.1) is 24.4 Å². The van der Waals surface area contributed by atoms with E-state index in [4.69, 9.17) is 5.73 Å². The Labute approximate surface area is 112 Å². The highest BCUT2D eigenvalue weighted by molar-refractivity contribution is 6.02. The van der Waals surface area contributed by atoms with E-state index in [2.05, 4.69) is 16.6 Å². The van der Waals surface area contributed by atoms with Crippen LogP contribution in [0.3, 0.4) is 0 Å². The lowest BCUT2D eigenvalue weighted by Crippen LogP contribution is -2.35. The Balaban J connectivity index is 2.97. The second-order valence-electron chi connectivity index (χ2n) is 4.16. The average Bonchev–Trinajstić information content (AvgIpc) is 2.40. The highest BCUT2D eigenvalue weighted by Gasteiger charge is 2.17. The van der Waals surface area contributed by atoms with E-state index in [1.54, 1.807) is 24.3 Å². The van der Waals surface area contributed by atoms with Crippen LogP contribution in [0, 0.1) is 6.92 Å². The van der Waals surface area contributed by atoms with Crippen LogP contribution in [0.2, 0.25) is 0 Å². The van der Waals surface area contributed by atoms with Crippen molar-refractivity contribution in [3.8, 4) is 0 Å². The van der Waals surface area contributed by atoms with Gasteiger partial charge < -0.3 is 15.8 Å². The van der Waals surface area contributed by atoms with Crippen LogP contribution in [0.1, 0.15) is 22.3 Å². The van der Waals surface area contributed by atoms with Gasteiger partial charge in [-0.25, -0.2) is 4.79 Å². The van der Waals surface area contributed by atoms with E-state index < -0.39 is 12.0 Å². The molecule has 1 aromatic carbocycles. The lowest BCUT2D eigenvalue weighted by Gasteiger charge is -2.13. The van der Waals surface area contributed by atoms with Gasteiger partial charge in [-0.1, -0.05) is 17.7 Å². The van der Waals surface area contributed by atoms with Crippen molar-refractivity contribution in [2.45, 2.75) is 19.4 Å². The standard InChI is InChI=1S/C14H18N2O3/c1-4-5-11(15)13(17)16-12-7-6-9(2)8-10(12)14(18)19-3/h4,6-8,11H,1,5,15H2,2-3H3,(H,16,17). The number of benzene rings is 1. The third kappa shape index (κ3) is 3.93. The number of hydrogen-bond donors (Lipinski definition) is 2. The monoisotopic (exact) mass is 262 g/mol. The van der Waals surface area contributed by atoms with E-state index >= 15 is 0 Å². The molecule has 0 bridgehead atoms. The van der Waals surface area contributed by atoms with Crippen molar-refractivity contribution in [1.29, 1.82) is 0 Å². The van der Waals surface area contributed by atoms with Gasteiger partial charge in [-0.2, -0.15) is 0 Å². The van der Waals surface area contributed by atoms with E-state index in [1.165, 1.54) is 7.11 Å². The predicted molar refractivity (Wildman–Crippen MR) is 73.9 cm³/mol. The summed E-state index contributed by atoms with van der Waals surface area (Å²) in [6.45, 7) is 5.38. The van der Waals surface area contributed by atoms with Crippen molar-refractivity contribution in [3.63, 3.8) is 0 Å². The van der Waals surface area contributed by atoms with Crippen LogP contribution >= 0.6 is 0 Å². The Morgan fingerprint density at radius 2 is 2.21 bits per heavy atom. The lowest BCUT2D eigenvalue weighted by molar-refractivity contribution is -0.117. The number of rotatable bonds is 5. The summed E-state index contributed by atoms with van der Waals surface area (Å²) in [5, 5.41) is 2.62. The maximum atomic E-state index is 11.8. The predicted octanol–water partition coefficient (Wildman–Crippen LogP) is 1.62. The van der Waals surface area contributed by atoms with Crippen molar-refractivity contribution in [1.82, 2.24) is 0 Å². The Bertz CT molecular complexity index is 497. The molecular formula is C14H18N2O3. The van der Waals surface area contributed by atoms with Gasteiger partial charge in [0.25, 0.3) is 0 Å². The molecule has 3 N–H and O–H groups in total. The fourth-order valence-corrected chi connectivity index (χ4v) is 1.56. The minimum Gasteiger partial charge on any atom is -0.465 e. The number of esters is 1. The van der Waals surface area contributed by atoms with E-state index in [0.717, 1.165) is 5.56 Å². The molecule has 0 aliphatic carbocycles. The van der Waals surface area contributed by atoms with Gasteiger partial charge in [-0.15, -0.1) is 6.58 Å². The van der Waals surface area contributed by atoms with Gasteiger partial charge in [0.1, 0.15) is 0 Å². The summed E-state index contributed by atoms with van der Waals surface area (Å²) in [5.41, 5.74) is 7.26.